The van der Waals surface area contributed by atoms with E-state index in [1.54, 1.807) is 0 Å². The molecule has 0 aliphatic carbocycles. The lowest BCUT2D eigenvalue weighted by Gasteiger charge is -1.92. The maximum absolute atomic E-state index is 10.6. The number of carbonyl (C=O) groups is 1. The van der Waals surface area contributed by atoms with Gasteiger partial charge in [-0.3, -0.25) is 4.79 Å². The highest BCUT2D eigenvalue weighted by molar-refractivity contribution is 6.17. The molecule has 0 aliphatic rings. The van der Waals surface area contributed by atoms with Crippen molar-refractivity contribution >= 4 is 13.5 Å². The van der Waals surface area contributed by atoms with Gasteiger partial charge >= 0.3 is 7.69 Å². The van der Waals surface area contributed by atoms with Gasteiger partial charge in [0.15, 0.2) is 11.5 Å². The van der Waals surface area contributed by atoms with Gasteiger partial charge in [0.25, 0.3) is 5.95 Å². The van der Waals surface area contributed by atoms with Crippen LogP contribution in [0.5, 0.6) is 5.95 Å². The molecule has 1 N–H and O–H groups in total. The third kappa shape index (κ3) is 1.85. The van der Waals surface area contributed by atoms with Gasteiger partial charge in [0.1, 0.15) is 0 Å². The Morgan fingerprint density at radius 2 is 2.45 bits per heavy atom. The van der Waals surface area contributed by atoms with E-state index in [2.05, 4.69) is 4.65 Å². The second-order valence-corrected chi connectivity index (χ2v) is 1.90. The summed E-state index contributed by atoms with van der Waals surface area (Å²) in [5, 5.41) is 8.18. The van der Waals surface area contributed by atoms with Crippen molar-refractivity contribution in [1.82, 2.24) is 0 Å². The lowest BCUT2D eigenvalue weighted by molar-refractivity contribution is 0.0983. The van der Waals surface area contributed by atoms with Gasteiger partial charge in [0, 0.05) is 13.0 Å². The van der Waals surface area contributed by atoms with Crippen LogP contribution in [0.2, 0.25) is 0 Å². The summed E-state index contributed by atoms with van der Waals surface area (Å²) in [6, 6.07) is 2.92. The molecule has 0 saturated heterocycles. The summed E-state index contributed by atoms with van der Waals surface area (Å²) in [5.41, 5.74) is 0. The first-order chi connectivity index (χ1) is 5.24. The van der Waals surface area contributed by atoms with E-state index in [-0.39, 0.29) is 17.5 Å². The second kappa shape index (κ2) is 3.25. The van der Waals surface area contributed by atoms with Gasteiger partial charge in [-0.1, -0.05) is 0 Å². The van der Waals surface area contributed by atoms with Gasteiger partial charge in [0.2, 0.25) is 0 Å². The molecule has 1 aromatic rings. The van der Waals surface area contributed by atoms with Gasteiger partial charge in [-0.05, 0) is 6.07 Å². The Morgan fingerprint density at radius 1 is 1.73 bits per heavy atom. The van der Waals surface area contributed by atoms with Crippen LogP contribution in [0.15, 0.2) is 16.5 Å². The fourth-order valence-corrected chi connectivity index (χ4v) is 0.625. The highest BCUT2D eigenvalue weighted by atomic mass is 16.6. The summed E-state index contributed by atoms with van der Waals surface area (Å²) in [7, 11) is 0.489. The zero-order valence-corrected chi connectivity index (χ0v) is 5.90. The molecule has 0 atom stereocenters. The van der Waals surface area contributed by atoms with E-state index in [0.29, 0.717) is 7.69 Å². The highest BCUT2D eigenvalue weighted by Gasteiger charge is 2.06. The van der Waals surface area contributed by atoms with Crippen molar-refractivity contribution in [1.29, 1.82) is 0 Å². The number of furan rings is 1. The Balaban J connectivity index is 2.73. The number of carbonyl (C=O) groups excluding carboxylic acids is 1. The fourth-order valence-electron chi connectivity index (χ4n) is 0.625. The molecule has 11 heavy (non-hydrogen) atoms. The zero-order chi connectivity index (χ0) is 8.27. The Hall–Kier alpha value is -1.23. The molecular formula is C6H6BO4. The van der Waals surface area contributed by atoms with E-state index >= 15 is 0 Å². The first-order valence-corrected chi connectivity index (χ1v) is 2.97. The third-order valence-corrected chi connectivity index (χ3v) is 1.10. The average Bonchev–Trinajstić information content (AvgIpc) is 2.37. The van der Waals surface area contributed by atoms with Crippen molar-refractivity contribution in [2.75, 3.05) is 0 Å². The molecule has 1 rings (SSSR count). The van der Waals surface area contributed by atoms with Gasteiger partial charge < -0.3 is 14.1 Å². The summed E-state index contributed by atoms with van der Waals surface area (Å²) in [6.45, 7) is 1.38. The third-order valence-electron chi connectivity index (χ3n) is 1.10. The van der Waals surface area contributed by atoms with Crippen molar-refractivity contribution in [3.05, 3.63) is 17.9 Å². The first-order valence-electron chi connectivity index (χ1n) is 2.97. The molecule has 0 saturated carbocycles. The van der Waals surface area contributed by atoms with Crippen LogP contribution < -0.4 is 4.65 Å². The molecule has 57 valence electrons. The molecule has 0 unspecified atom stereocenters. The van der Waals surface area contributed by atoms with E-state index < -0.39 is 0 Å². The van der Waals surface area contributed by atoms with Crippen molar-refractivity contribution in [2.45, 2.75) is 6.92 Å². The van der Waals surface area contributed by atoms with Crippen LogP contribution in [0.3, 0.4) is 0 Å². The van der Waals surface area contributed by atoms with E-state index in [0.717, 1.165) is 0 Å². The Labute approximate surface area is 64.1 Å². The molecule has 0 spiro atoms. The van der Waals surface area contributed by atoms with Crippen molar-refractivity contribution in [3.63, 3.8) is 0 Å². The van der Waals surface area contributed by atoms with Crippen LogP contribution >= 0.6 is 0 Å². The lowest BCUT2D eigenvalue weighted by Crippen LogP contribution is -1.98. The Morgan fingerprint density at radius 3 is 2.91 bits per heavy atom. The number of hydrogen-bond donors (Lipinski definition) is 1. The molecule has 5 heteroatoms. The van der Waals surface area contributed by atoms with E-state index in [1.807, 2.05) is 0 Å². The van der Waals surface area contributed by atoms with Gasteiger partial charge in [-0.25, -0.2) is 0 Å². The topological polar surface area (TPSA) is 59.7 Å². The SMILES string of the molecule is CC(=O)c1ccc(O[B]O)o1. The maximum Gasteiger partial charge on any atom is 0.571 e. The molecule has 1 aromatic heterocycles. The van der Waals surface area contributed by atoms with Crippen molar-refractivity contribution < 1.29 is 18.9 Å². The van der Waals surface area contributed by atoms with Crippen LogP contribution in [-0.4, -0.2) is 18.5 Å². The summed E-state index contributed by atoms with van der Waals surface area (Å²) in [4.78, 5) is 10.6. The standard InChI is InChI=1S/C6H6BO4/c1-4(8)5-2-3-6(10-5)11-7-9/h2-3,9H,1H3. The number of hydrogen-bond acceptors (Lipinski definition) is 4. The van der Waals surface area contributed by atoms with E-state index in [9.17, 15) is 4.79 Å². The van der Waals surface area contributed by atoms with Crippen molar-refractivity contribution in [3.8, 4) is 5.95 Å². The molecular weight excluding hydrogens is 147 g/mol. The number of Topliss-reactive ketones (excluding diaryl/α,β-unsaturated/α-hetero) is 1. The van der Waals surface area contributed by atoms with E-state index in [1.165, 1.54) is 19.1 Å². The average molecular weight is 153 g/mol. The highest BCUT2D eigenvalue weighted by Crippen LogP contribution is 2.15. The first kappa shape index (κ1) is 7.88. The predicted molar refractivity (Wildman–Crippen MR) is 37.3 cm³/mol. The Bertz CT molecular complexity index is 255. The molecule has 0 aliphatic heterocycles. The summed E-state index contributed by atoms with van der Waals surface area (Å²) < 4.78 is 9.27. The minimum Gasteiger partial charge on any atom is -0.510 e. The molecule has 4 nitrogen and oxygen atoms in total. The van der Waals surface area contributed by atoms with Crippen molar-refractivity contribution in [2.24, 2.45) is 0 Å². The molecule has 0 fully saturated rings. The van der Waals surface area contributed by atoms with E-state index in [4.69, 9.17) is 9.44 Å². The van der Waals surface area contributed by atoms with Gasteiger partial charge in [-0.15, -0.1) is 0 Å². The molecule has 0 bridgehead atoms. The lowest BCUT2D eigenvalue weighted by atomic mass is 10.3. The van der Waals surface area contributed by atoms with Crippen LogP contribution in [0.1, 0.15) is 17.5 Å². The predicted octanol–water partition coefficient (Wildman–Crippen LogP) is 0.388. The quantitative estimate of drug-likeness (QED) is 0.503. The van der Waals surface area contributed by atoms with Gasteiger partial charge in [0.05, 0.1) is 0 Å². The fraction of sp³-hybridized carbons (Fsp3) is 0.167. The number of rotatable bonds is 3. The summed E-state index contributed by atoms with van der Waals surface area (Å²) in [6.07, 6.45) is 0. The smallest absolute Gasteiger partial charge is 0.510 e. The monoisotopic (exact) mass is 153 g/mol. The minimum atomic E-state index is -0.183. The molecule has 1 radical (unpaired) electrons. The van der Waals surface area contributed by atoms with Crippen LogP contribution in [0, 0.1) is 0 Å². The Kier molecular flexibility index (Phi) is 2.33. The molecule has 1 heterocycles. The minimum absolute atomic E-state index is 0.0951. The molecule has 0 aromatic carbocycles. The summed E-state index contributed by atoms with van der Waals surface area (Å²) in [5.74, 6) is 0.123. The number of ketones is 1. The van der Waals surface area contributed by atoms with Crippen LogP contribution in [0.4, 0.5) is 0 Å². The van der Waals surface area contributed by atoms with Gasteiger partial charge in [-0.2, -0.15) is 0 Å². The normalized spacial score (nSPS) is 9.27. The largest absolute Gasteiger partial charge is 0.571 e. The summed E-state index contributed by atoms with van der Waals surface area (Å²) >= 11 is 0. The second-order valence-electron chi connectivity index (χ2n) is 1.90. The van der Waals surface area contributed by atoms with Crippen LogP contribution in [-0.2, 0) is 0 Å². The van der Waals surface area contributed by atoms with Crippen LogP contribution in [0.25, 0.3) is 0 Å². The maximum atomic E-state index is 10.6. The molecule has 0 amide bonds. The zero-order valence-electron chi connectivity index (χ0n) is 5.90.